The Kier molecular flexibility index (Phi) is 6.20. The van der Waals surface area contributed by atoms with Gasteiger partial charge in [0.25, 0.3) is 0 Å². The van der Waals surface area contributed by atoms with Crippen LogP contribution in [0.4, 0.5) is 10.5 Å². The molecule has 1 amide bonds. The van der Waals surface area contributed by atoms with Gasteiger partial charge in [0.15, 0.2) is 0 Å². The average Bonchev–Trinajstić information content (AvgIpc) is 2.27. The number of amides is 1. The molecule has 1 aromatic carbocycles. The van der Waals surface area contributed by atoms with Gasteiger partial charge in [-0.15, -0.1) is 0 Å². The summed E-state index contributed by atoms with van der Waals surface area (Å²) in [6, 6.07) is 5.92. The van der Waals surface area contributed by atoms with Crippen molar-refractivity contribution < 1.29 is 9.53 Å². The second-order valence-corrected chi connectivity index (χ2v) is 6.57. The summed E-state index contributed by atoms with van der Waals surface area (Å²) >= 11 is 7.62. The summed E-state index contributed by atoms with van der Waals surface area (Å²) in [6.07, 6.45) is 1.51. The van der Waals surface area contributed by atoms with Crippen molar-refractivity contribution in [3.63, 3.8) is 0 Å². The molecule has 0 spiro atoms. The van der Waals surface area contributed by atoms with Crippen molar-refractivity contribution >= 4 is 40.3 Å². The van der Waals surface area contributed by atoms with E-state index in [1.807, 2.05) is 39.0 Å². The van der Waals surface area contributed by atoms with Gasteiger partial charge in [0.1, 0.15) is 5.60 Å². The molecular formula is C14H20BrNO2S. The third kappa shape index (κ3) is 6.34. The van der Waals surface area contributed by atoms with E-state index in [0.717, 1.165) is 28.8 Å². The molecule has 3 nitrogen and oxygen atoms in total. The number of benzene rings is 1. The first-order valence-corrected chi connectivity index (χ1v) is 7.63. The van der Waals surface area contributed by atoms with Crippen LogP contribution in [0, 0.1) is 0 Å². The summed E-state index contributed by atoms with van der Waals surface area (Å²) in [7, 11) is 0. The lowest BCUT2D eigenvalue weighted by Gasteiger charge is -2.20. The zero-order chi connectivity index (χ0) is 14.5. The molecule has 0 bridgehead atoms. The van der Waals surface area contributed by atoms with Crippen molar-refractivity contribution in [2.75, 3.05) is 11.1 Å². The van der Waals surface area contributed by atoms with E-state index >= 15 is 0 Å². The SMILES string of the molecule is CC(C)(C)OC(=O)Nc1cc(CCCS)ccc1Br. The maximum Gasteiger partial charge on any atom is 0.412 e. The number of carbonyl (C=O) groups excluding carboxylic acids is 1. The van der Waals surface area contributed by atoms with Gasteiger partial charge < -0.3 is 4.74 Å². The summed E-state index contributed by atoms with van der Waals surface area (Å²) in [5.74, 6) is 0.852. The zero-order valence-electron chi connectivity index (χ0n) is 11.5. The summed E-state index contributed by atoms with van der Waals surface area (Å²) in [5.41, 5.74) is 1.40. The Morgan fingerprint density at radius 3 is 2.68 bits per heavy atom. The van der Waals surface area contributed by atoms with Gasteiger partial charge in [0.2, 0.25) is 0 Å². The van der Waals surface area contributed by atoms with Crippen molar-refractivity contribution in [1.82, 2.24) is 0 Å². The first-order chi connectivity index (χ1) is 8.81. The first-order valence-electron chi connectivity index (χ1n) is 6.21. The summed E-state index contributed by atoms with van der Waals surface area (Å²) in [6.45, 7) is 5.51. The molecule has 0 aliphatic rings. The molecular weight excluding hydrogens is 326 g/mol. The third-order valence-corrected chi connectivity index (χ3v) is 3.30. The number of nitrogens with one attached hydrogen (secondary N) is 1. The molecule has 0 atom stereocenters. The number of anilines is 1. The van der Waals surface area contributed by atoms with E-state index in [0.29, 0.717) is 0 Å². The minimum Gasteiger partial charge on any atom is -0.444 e. The van der Waals surface area contributed by atoms with Crippen LogP contribution >= 0.6 is 28.6 Å². The van der Waals surface area contributed by atoms with E-state index in [-0.39, 0.29) is 0 Å². The van der Waals surface area contributed by atoms with Crippen LogP contribution in [0.25, 0.3) is 0 Å². The molecule has 0 radical (unpaired) electrons. The second kappa shape index (κ2) is 7.20. The number of halogens is 1. The number of ether oxygens (including phenoxy) is 1. The van der Waals surface area contributed by atoms with E-state index in [1.54, 1.807) is 0 Å². The number of hydrogen-bond donors (Lipinski definition) is 2. The normalized spacial score (nSPS) is 11.2. The maximum atomic E-state index is 11.7. The summed E-state index contributed by atoms with van der Waals surface area (Å²) in [5, 5.41) is 2.76. The van der Waals surface area contributed by atoms with E-state index in [1.165, 1.54) is 5.56 Å². The van der Waals surface area contributed by atoms with E-state index in [2.05, 4.69) is 33.9 Å². The molecule has 0 heterocycles. The fourth-order valence-corrected chi connectivity index (χ4v) is 2.02. The number of carbonyl (C=O) groups is 1. The fourth-order valence-electron chi connectivity index (χ4n) is 1.52. The quantitative estimate of drug-likeness (QED) is 0.779. The van der Waals surface area contributed by atoms with Crippen LogP contribution in [0.3, 0.4) is 0 Å². The Bertz CT molecular complexity index is 444. The second-order valence-electron chi connectivity index (χ2n) is 5.27. The molecule has 0 aliphatic carbocycles. The van der Waals surface area contributed by atoms with Crippen LogP contribution in [-0.4, -0.2) is 17.4 Å². The lowest BCUT2D eigenvalue weighted by Crippen LogP contribution is -2.27. The van der Waals surface area contributed by atoms with Crippen molar-refractivity contribution in [2.24, 2.45) is 0 Å². The highest BCUT2D eigenvalue weighted by Crippen LogP contribution is 2.25. The molecule has 0 saturated carbocycles. The van der Waals surface area contributed by atoms with Crippen LogP contribution in [0.15, 0.2) is 22.7 Å². The number of hydrogen-bond acceptors (Lipinski definition) is 3. The summed E-state index contributed by atoms with van der Waals surface area (Å²) < 4.78 is 6.08. The first kappa shape index (κ1) is 16.4. The molecule has 0 fully saturated rings. The van der Waals surface area contributed by atoms with Crippen molar-refractivity contribution in [3.8, 4) is 0 Å². The average molecular weight is 346 g/mol. The Morgan fingerprint density at radius 2 is 2.11 bits per heavy atom. The van der Waals surface area contributed by atoms with Gasteiger partial charge in [-0.05, 0) is 73.0 Å². The predicted octanol–water partition coefficient (Wildman–Crippen LogP) is 4.66. The van der Waals surface area contributed by atoms with Gasteiger partial charge in [0, 0.05) is 4.47 Å². The minimum absolute atomic E-state index is 0.445. The minimum atomic E-state index is -0.500. The van der Waals surface area contributed by atoms with Crippen LogP contribution in [-0.2, 0) is 11.2 Å². The lowest BCUT2D eigenvalue weighted by molar-refractivity contribution is 0.0636. The highest BCUT2D eigenvalue weighted by Gasteiger charge is 2.17. The van der Waals surface area contributed by atoms with Crippen LogP contribution in [0.1, 0.15) is 32.8 Å². The smallest absolute Gasteiger partial charge is 0.412 e. The van der Waals surface area contributed by atoms with E-state index in [9.17, 15) is 4.79 Å². The molecule has 0 saturated heterocycles. The fraction of sp³-hybridized carbons (Fsp3) is 0.500. The third-order valence-electron chi connectivity index (χ3n) is 2.29. The zero-order valence-corrected chi connectivity index (χ0v) is 14.0. The van der Waals surface area contributed by atoms with Gasteiger partial charge in [-0.3, -0.25) is 5.32 Å². The molecule has 0 aromatic heterocycles. The topological polar surface area (TPSA) is 38.3 Å². The Balaban J connectivity index is 2.73. The Morgan fingerprint density at radius 1 is 1.42 bits per heavy atom. The van der Waals surface area contributed by atoms with Crippen LogP contribution < -0.4 is 5.32 Å². The predicted molar refractivity (Wildman–Crippen MR) is 86.2 cm³/mol. The number of rotatable bonds is 4. The van der Waals surface area contributed by atoms with Crippen molar-refractivity contribution in [2.45, 2.75) is 39.2 Å². The molecule has 19 heavy (non-hydrogen) atoms. The van der Waals surface area contributed by atoms with Gasteiger partial charge >= 0.3 is 6.09 Å². The Hall–Kier alpha value is -0.680. The van der Waals surface area contributed by atoms with E-state index in [4.69, 9.17) is 4.74 Å². The number of thiol groups is 1. The van der Waals surface area contributed by atoms with E-state index < -0.39 is 11.7 Å². The van der Waals surface area contributed by atoms with Gasteiger partial charge in [0.05, 0.1) is 5.69 Å². The van der Waals surface area contributed by atoms with Gasteiger partial charge in [-0.2, -0.15) is 12.6 Å². The lowest BCUT2D eigenvalue weighted by atomic mass is 10.1. The molecule has 106 valence electrons. The maximum absolute atomic E-state index is 11.7. The van der Waals surface area contributed by atoms with Gasteiger partial charge in [-0.1, -0.05) is 6.07 Å². The van der Waals surface area contributed by atoms with Crippen molar-refractivity contribution in [1.29, 1.82) is 0 Å². The van der Waals surface area contributed by atoms with Crippen LogP contribution in [0.5, 0.6) is 0 Å². The number of aryl methyl sites for hydroxylation is 1. The largest absolute Gasteiger partial charge is 0.444 e. The molecule has 1 rings (SSSR count). The highest BCUT2D eigenvalue weighted by molar-refractivity contribution is 9.10. The Labute approximate surface area is 128 Å². The standard InChI is InChI=1S/C14H20BrNO2S/c1-14(2,3)18-13(17)16-12-9-10(5-4-8-19)6-7-11(12)15/h6-7,9,19H,4-5,8H2,1-3H3,(H,16,17). The summed E-state index contributed by atoms with van der Waals surface area (Å²) in [4.78, 5) is 11.7. The molecule has 0 unspecified atom stereocenters. The van der Waals surface area contributed by atoms with Gasteiger partial charge in [-0.25, -0.2) is 4.79 Å². The van der Waals surface area contributed by atoms with Crippen molar-refractivity contribution in [3.05, 3.63) is 28.2 Å². The molecule has 1 N–H and O–H groups in total. The highest BCUT2D eigenvalue weighted by atomic mass is 79.9. The molecule has 1 aromatic rings. The molecule has 5 heteroatoms. The van der Waals surface area contributed by atoms with Crippen LogP contribution in [0.2, 0.25) is 0 Å². The monoisotopic (exact) mass is 345 g/mol. The molecule has 0 aliphatic heterocycles.